The minimum atomic E-state index is -3.65. The van der Waals surface area contributed by atoms with Gasteiger partial charge in [-0.2, -0.15) is 4.31 Å². The summed E-state index contributed by atoms with van der Waals surface area (Å²) in [7, 11) is -1.63. The molecule has 1 aromatic rings. The number of hydrogen-bond acceptors (Lipinski definition) is 6. The van der Waals surface area contributed by atoms with Gasteiger partial charge >= 0.3 is 0 Å². The summed E-state index contributed by atoms with van der Waals surface area (Å²) in [5.74, 6) is -0.0470. The monoisotopic (exact) mass is 440 g/mol. The molecule has 0 atom stereocenters. The fourth-order valence-corrected chi connectivity index (χ4v) is 5.91. The molecule has 1 saturated heterocycles. The molecule has 1 aromatic carbocycles. The molecule has 3 rings (SSSR count). The Bertz CT molecular complexity index is 878. The predicted octanol–water partition coefficient (Wildman–Crippen LogP) is 0.930. The Morgan fingerprint density at radius 1 is 1.14 bits per heavy atom. The van der Waals surface area contributed by atoms with Crippen LogP contribution >= 0.6 is 11.8 Å². The van der Waals surface area contributed by atoms with Gasteiger partial charge in [0.2, 0.25) is 21.8 Å². The van der Waals surface area contributed by atoms with Crippen LogP contribution in [-0.4, -0.2) is 93.0 Å². The van der Waals surface area contributed by atoms with Crippen molar-refractivity contribution in [3.63, 3.8) is 0 Å². The largest absolute Gasteiger partial charge is 0.339 e. The summed E-state index contributed by atoms with van der Waals surface area (Å²) in [6, 6.07) is 4.84. The number of benzene rings is 1. The summed E-state index contributed by atoms with van der Waals surface area (Å²) in [5.41, 5.74) is 0.502. The van der Waals surface area contributed by atoms with Crippen molar-refractivity contribution >= 4 is 39.3 Å². The first kappa shape index (κ1) is 22.1. The fourth-order valence-electron chi connectivity index (χ4n) is 3.52. The van der Waals surface area contributed by atoms with E-state index in [4.69, 9.17) is 0 Å². The number of likely N-dealkylation sites (N-methyl/N-ethyl adjacent to an activating group) is 1. The van der Waals surface area contributed by atoms with E-state index in [2.05, 4.69) is 4.90 Å². The van der Waals surface area contributed by atoms with E-state index in [9.17, 15) is 18.0 Å². The predicted molar refractivity (Wildman–Crippen MR) is 114 cm³/mol. The van der Waals surface area contributed by atoms with Gasteiger partial charge in [-0.25, -0.2) is 8.42 Å². The number of carbonyl (C=O) groups excluding carboxylic acids is 2. The molecule has 0 N–H and O–H groups in total. The third-order valence-electron chi connectivity index (χ3n) is 5.37. The number of nitrogens with zero attached hydrogens (tertiary/aromatic N) is 4. The van der Waals surface area contributed by atoms with Crippen LogP contribution in [0.4, 0.5) is 5.69 Å². The first-order chi connectivity index (χ1) is 13.8. The SMILES string of the molecule is CCN(CC)S(=O)(=O)c1ccc2c(c1)N(CC(=O)N1CCN(C)CC1)C(=O)CS2. The fraction of sp³-hybridized carbons (Fsp3) is 0.579. The maximum Gasteiger partial charge on any atom is 0.243 e. The molecule has 2 aliphatic rings. The second-order valence-corrected chi connectivity index (χ2v) is 10.1. The van der Waals surface area contributed by atoms with E-state index < -0.39 is 10.0 Å². The zero-order valence-corrected chi connectivity index (χ0v) is 18.8. The number of rotatable bonds is 6. The summed E-state index contributed by atoms with van der Waals surface area (Å²) in [6.07, 6.45) is 0. The van der Waals surface area contributed by atoms with Crippen molar-refractivity contribution in [1.29, 1.82) is 0 Å². The van der Waals surface area contributed by atoms with Crippen molar-refractivity contribution < 1.29 is 18.0 Å². The Kier molecular flexibility index (Phi) is 6.87. The highest BCUT2D eigenvalue weighted by Gasteiger charge is 2.31. The Labute approximate surface area is 176 Å². The highest BCUT2D eigenvalue weighted by molar-refractivity contribution is 8.00. The topological polar surface area (TPSA) is 81.2 Å². The van der Waals surface area contributed by atoms with E-state index in [1.807, 2.05) is 7.05 Å². The second kappa shape index (κ2) is 9.03. The van der Waals surface area contributed by atoms with Crippen LogP contribution in [0.15, 0.2) is 28.0 Å². The minimum absolute atomic E-state index is 0.0646. The van der Waals surface area contributed by atoms with Gasteiger partial charge in [-0.05, 0) is 25.2 Å². The van der Waals surface area contributed by atoms with Crippen LogP contribution in [0.3, 0.4) is 0 Å². The lowest BCUT2D eigenvalue weighted by atomic mass is 10.2. The Morgan fingerprint density at radius 3 is 2.41 bits per heavy atom. The molecule has 0 radical (unpaired) electrons. The molecule has 2 amide bonds. The summed E-state index contributed by atoms with van der Waals surface area (Å²) in [6.45, 7) is 7.14. The normalized spacial score (nSPS) is 18.3. The molecule has 0 spiro atoms. The molecule has 2 aliphatic heterocycles. The third kappa shape index (κ3) is 4.60. The Balaban J connectivity index is 1.88. The number of thioether (sulfide) groups is 1. The molecular weight excluding hydrogens is 412 g/mol. The van der Waals surface area contributed by atoms with E-state index >= 15 is 0 Å². The summed E-state index contributed by atoms with van der Waals surface area (Å²) < 4.78 is 27.2. The molecule has 160 valence electrons. The maximum absolute atomic E-state index is 12.9. The van der Waals surface area contributed by atoms with Gasteiger partial charge in [0.15, 0.2) is 0 Å². The minimum Gasteiger partial charge on any atom is -0.339 e. The molecule has 2 heterocycles. The summed E-state index contributed by atoms with van der Waals surface area (Å²) in [5, 5.41) is 0. The first-order valence-electron chi connectivity index (χ1n) is 9.81. The van der Waals surface area contributed by atoms with E-state index in [0.717, 1.165) is 18.0 Å². The standard InChI is InChI=1S/C19H28N4O4S2/c1-4-22(5-2)29(26,27)15-6-7-17-16(12-15)23(19(25)14-28-17)13-18(24)21-10-8-20(3)9-11-21/h6-7,12H,4-5,8-11,13-14H2,1-3H3. The Morgan fingerprint density at radius 2 is 1.79 bits per heavy atom. The second-order valence-electron chi connectivity index (χ2n) is 7.17. The number of piperazine rings is 1. The summed E-state index contributed by atoms with van der Waals surface area (Å²) in [4.78, 5) is 31.7. The molecular formula is C19H28N4O4S2. The zero-order chi connectivity index (χ0) is 21.2. The molecule has 1 fully saturated rings. The van der Waals surface area contributed by atoms with Gasteiger partial charge in [-0.1, -0.05) is 13.8 Å². The highest BCUT2D eigenvalue weighted by atomic mass is 32.2. The van der Waals surface area contributed by atoms with Crippen molar-refractivity contribution in [2.45, 2.75) is 23.6 Å². The van der Waals surface area contributed by atoms with E-state index in [1.165, 1.54) is 27.0 Å². The van der Waals surface area contributed by atoms with Crippen LogP contribution in [0.25, 0.3) is 0 Å². The van der Waals surface area contributed by atoms with Gasteiger partial charge < -0.3 is 14.7 Å². The first-order valence-corrected chi connectivity index (χ1v) is 12.2. The summed E-state index contributed by atoms with van der Waals surface area (Å²) >= 11 is 1.37. The van der Waals surface area contributed by atoms with Crippen molar-refractivity contribution in [3.8, 4) is 0 Å². The number of fused-ring (bicyclic) bond motifs is 1. The number of carbonyl (C=O) groups is 2. The van der Waals surface area contributed by atoms with E-state index in [-0.39, 0.29) is 29.0 Å². The molecule has 10 heteroatoms. The van der Waals surface area contributed by atoms with Crippen LogP contribution in [0.2, 0.25) is 0 Å². The van der Waals surface area contributed by atoms with Crippen LogP contribution in [0.1, 0.15) is 13.8 Å². The van der Waals surface area contributed by atoms with Crippen molar-refractivity contribution in [2.24, 2.45) is 0 Å². The van der Waals surface area contributed by atoms with Gasteiger partial charge in [0.05, 0.1) is 16.3 Å². The highest BCUT2D eigenvalue weighted by Crippen LogP contribution is 2.37. The molecule has 8 nitrogen and oxygen atoms in total. The zero-order valence-electron chi connectivity index (χ0n) is 17.1. The lowest BCUT2D eigenvalue weighted by Crippen LogP contribution is -2.51. The average Bonchev–Trinajstić information content (AvgIpc) is 2.71. The van der Waals surface area contributed by atoms with Crippen LogP contribution in [-0.2, 0) is 19.6 Å². The number of amides is 2. The lowest BCUT2D eigenvalue weighted by molar-refractivity contribution is -0.132. The number of sulfonamides is 1. The van der Waals surface area contributed by atoms with Gasteiger partial charge in [0, 0.05) is 44.2 Å². The smallest absolute Gasteiger partial charge is 0.243 e. The Hall–Kier alpha value is -1.62. The van der Waals surface area contributed by atoms with Gasteiger partial charge in [0.25, 0.3) is 0 Å². The molecule has 0 aliphatic carbocycles. The van der Waals surface area contributed by atoms with Crippen molar-refractivity contribution in [3.05, 3.63) is 18.2 Å². The molecule has 0 aromatic heterocycles. The van der Waals surface area contributed by atoms with Gasteiger partial charge in [-0.15, -0.1) is 11.8 Å². The molecule has 29 heavy (non-hydrogen) atoms. The van der Waals surface area contributed by atoms with Crippen LogP contribution in [0, 0.1) is 0 Å². The molecule has 0 unspecified atom stereocenters. The van der Waals surface area contributed by atoms with Crippen LogP contribution in [0.5, 0.6) is 0 Å². The number of hydrogen-bond donors (Lipinski definition) is 0. The van der Waals surface area contributed by atoms with E-state index in [0.29, 0.717) is 31.9 Å². The lowest BCUT2D eigenvalue weighted by Gasteiger charge is -2.35. The van der Waals surface area contributed by atoms with Gasteiger partial charge in [-0.3, -0.25) is 9.59 Å². The third-order valence-corrected chi connectivity index (χ3v) is 8.46. The molecule has 0 bridgehead atoms. The van der Waals surface area contributed by atoms with Gasteiger partial charge in [0.1, 0.15) is 6.54 Å². The number of anilines is 1. The average molecular weight is 441 g/mol. The van der Waals surface area contributed by atoms with Crippen molar-refractivity contribution in [1.82, 2.24) is 14.1 Å². The maximum atomic E-state index is 12.9. The van der Waals surface area contributed by atoms with Crippen LogP contribution < -0.4 is 4.90 Å². The quantitative estimate of drug-likeness (QED) is 0.655. The van der Waals surface area contributed by atoms with Crippen molar-refractivity contribution in [2.75, 3.05) is 63.5 Å². The van der Waals surface area contributed by atoms with E-state index in [1.54, 1.807) is 30.9 Å². The molecule has 0 saturated carbocycles.